The SMILES string of the molecule is C=C1CC[N+]2(C(C)C)CCCC12.[Br-]. The average molecular weight is 246 g/mol. The topological polar surface area (TPSA) is 0 Å². The zero-order valence-corrected chi connectivity index (χ0v) is 10.3. The summed E-state index contributed by atoms with van der Waals surface area (Å²) in [7, 11) is 0. The Kier molecular flexibility index (Phi) is 3.24. The highest BCUT2D eigenvalue weighted by molar-refractivity contribution is 5.08. The quantitative estimate of drug-likeness (QED) is 0.425. The predicted molar refractivity (Wildman–Crippen MR) is 51.9 cm³/mol. The van der Waals surface area contributed by atoms with Gasteiger partial charge in [-0.15, -0.1) is 0 Å². The molecule has 0 radical (unpaired) electrons. The summed E-state index contributed by atoms with van der Waals surface area (Å²) in [5.41, 5.74) is 1.53. The van der Waals surface area contributed by atoms with Crippen LogP contribution in [0.25, 0.3) is 0 Å². The highest BCUT2D eigenvalue weighted by atomic mass is 79.9. The van der Waals surface area contributed by atoms with Gasteiger partial charge in [-0.25, -0.2) is 0 Å². The molecular formula is C11H20BrN. The van der Waals surface area contributed by atoms with Crippen LogP contribution in [-0.4, -0.2) is 29.7 Å². The van der Waals surface area contributed by atoms with E-state index in [-0.39, 0.29) is 17.0 Å². The minimum Gasteiger partial charge on any atom is -1.00 e. The molecule has 2 heteroatoms. The van der Waals surface area contributed by atoms with Crippen molar-refractivity contribution in [2.45, 2.75) is 45.2 Å². The second kappa shape index (κ2) is 3.74. The average Bonchev–Trinajstić information content (AvgIpc) is 2.53. The summed E-state index contributed by atoms with van der Waals surface area (Å²) in [6.45, 7) is 11.7. The number of rotatable bonds is 1. The zero-order chi connectivity index (χ0) is 8.77. The standard InChI is InChI=1S/C11H20N.BrH/c1-9(2)12-7-4-5-11(12)10(3)6-8-12;/h9,11H,3-8H2,1-2H3;1H/q+1;/p-1. The van der Waals surface area contributed by atoms with Crippen LogP contribution in [0.2, 0.25) is 0 Å². The van der Waals surface area contributed by atoms with Crippen molar-refractivity contribution >= 4 is 0 Å². The van der Waals surface area contributed by atoms with Crippen LogP contribution >= 0.6 is 0 Å². The number of fused-ring (bicyclic) bond motifs is 1. The number of quaternary nitrogens is 1. The molecular weight excluding hydrogens is 226 g/mol. The highest BCUT2D eigenvalue weighted by Gasteiger charge is 2.49. The maximum absolute atomic E-state index is 4.21. The maximum Gasteiger partial charge on any atom is 0.111 e. The fourth-order valence-corrected chi connectivity index (χ4v) is 3.22. The molecule has 2 aliphatic heterocycles. The molecule has 0 aromatic rings. The van der Waals surface area contributed by atoms with Crippen LogP contribution in [0.1, 0.15) is 33.1 Å². The summed E-state index contributed by atoms with van der Waals surface area (Å²) in [5.74, 6) is 0. The number of hydrogen-bond acceptors (Lipinski definition) is 0. The fraction of sp³-hybridized carbons (Fsp3) is 0.818. The zero-order valence-electron chi connectivity index (χ0n) is 8.72. The van der Waals surface area contributed by atoms with E-state index in [1.807, 2.05) is 0 Å². The van der Waals surface area contributed by atoms with Crippen LogP contribution in [0, 0.1) is 0 Å². The lowest BCUT2D eigenvalue weighted by Gasteiger charge is -2.38. The summed E-state index contributed by atoms with van der Waals surface area (Å²) in [6, 6.07) is 1.63. The molecule has 0 spiro atoms. The van der Waals surface area contributed by atoms with Gasteiger partial charge in [-0.05, 0) is 19.4 Å². The van der Waals surface area contributed by atoms with Gasteiger partial charge in [0.05, 0.1) is 19.1 Å². The Bertz CT molecular complexity index is 212. The lowest BCUT2D eigenvalue weighted by molar-refractivity contribution is -0.944. The van der Waals surface area contributed by atoms with Crippen LogP contribution in [0.3, 0.4) is 0 Å². The van der Waals surface area contributed by atoms with Gasteiger partial charge in [0.2, 0.25) is 0 Å². The van der Waals surface area contributed by atoms with Crippen molar-refractivity contribution in [3.63, 3.8) is 0 Å². The van der Waals surface area contributed by atoms with Crippen molar-refractivity contribution in [2.24, 2.45) is 0 Å². The van der Waals surface area contributed by atoms with Crippen molar-refractivity contribution in [1.82, 2.24) is 0 Å². The third-order valence-electron chi connectivity index (χ3n) is 4.02. The molecule has 0 aliphatic carbocycles. The molecule has 2 rings (SSSR count). The smallest absolute Gasteiger partial charge is 0.111 e. The van der Waals surface area contributed by atoms with E-state index in [2.05, 4.69) is 20.4 Å². The molecule has 76 valence electrons. The molecule has 0 amide bonds. The molecule has 2 saturated heterocycles. The Hall–Kier alpha value is 0.180. The first-order chi connectivity index (χ1) is 5.67. The maximum atomic E-state index is 4.21. The van der Waals surface area contributed by atoms with E-state index < -0.39 is 0 Å². The first-order valence-corrected chi connectivity index (χ1v) is 5.21. The van der Waals surface area contributed by atoms with Gasteiger partial charge in [0, 0.05) is 19.3 Å². The summed E-state index contributed by atoms with van der Waals surface area (Å²) in [6.07, 6.45) is 4.10. The van der Waals surface area contributed by atoms with Gasteiger partial charge in [0.25, 0.3) is 0 Å². The summed E-state index contributed by atoms with van der Waals surface area (Å²) >= 11 is 0. The van der Waals surface area contributed by atoms with Gasteiger partial charge >= 0.3 is 0 Å². The van der Waals surface area contributed by atoms with E-state index >= 15 is 0 Å². The van der Waals surface area contributed by atoms with E-state index in [1.54, 1.807) is 0 Å². The van der Waals surface area contributed by atoms with Gasteiger partial charge < -0.3 is 21.5 Å². The number of hydrogen-bond donors (Lipinski definition) is 0. The van der Waals surface area contributed by atoms with Crippen LogP contribution in [0.15, 0.2) is 12.2 Å². The second-order valence-corrected chi connectivity index (χ2v) is 4.71. The van der Waals surface area contributed by atoms with E-state index in [4.69, 9.17) is 0 Å². The summed E-state index contributed by atoms with van der Waals surface area (Å²) in [4.78, 5) is 0. The number of nitrogens with zero attached hydrogens (tertiary/aromatic N) is 1. The van der Waals surface area contributed by atoms with Crippen molar-refractivity contribution in [3.05, 3.63) is 12.2 Å². The largest absolute Gasteiger partial charge is 1.00 e. The molecule has 2 heterocycles. The molecule has 0 aromatic heterocycles. The lowest BCUT2D eigenvalue weighted by Crippen LogP contribution is -3.00. The van der Waals surface area contributed by atoms with E-state index in [0.29, 0.717) is 0 Å². The first-order valence-electron chi connectivity index (χ1n) is 5.21. The molecule has 2 atom stereocenters. The summed E-state index contributed by atoms with van der Waals surface area (Å²) < 4.78 is 1.36. The minimum absolute atomic E-state index is 0. The molecule has 0 aromatic carbocycles. The van der Waals surface area contributed by atoms with Gasteiger partial charge in [0.15, 0.2) is 0 Å². The Morgan fingerprint density at radius 2 is 2.08 bits per heavy atom. The fourth-order valence-electron chi connectivity index (χ4n) is 3.22. The Morgan fingerprint density at radius 3 is 2.62 bits per heavy atom. The van der Waals surface area contributed by atoms with Gasteiger partial charge in [-0.2, -0.15) is 0 Å². The van der Waals surface area contributed by atoms with Crippen molar-refractivity contribution in [3.8, 4) is 0 Å². The minimum atomic E-state index is 0. The third-order valence-corrected chi connectivity index (χ3v) is 4.02. The molecule has 13 heavy (non-hydrogen) atoms. The first kappa shape index (κ1) is 11.3. The van der Waals surface area contributed by atoms with Crippen molar-refractivity contribution in [2.75, 3.05) is 13.1 Å². The highest BCUT2D eigenvalue weighted by Crippen LogP contribution is 2.40. The van der Waals surface area contributed by atoms with Crippen LogP contribution in [-0.2, 0) is 0 Å². The molecule has 0 saturated carbocycles. The predicted octanol–water partition coefficient (Wildman–Crippen LogP) is -0.662. The van der Waals surface area contributed by atoms with E-state index in [9.17, 15) is 0 Å². The molecule has 1 nitrogen and oxygen atoms in total. The molecule has 2 fully saturated rings. The monoisotopic (exact) mass is 245 g/mol. The van der Waals surface area contributed by atoms with Crippen molar-refractivity contribution < 1.29 is 21.5 Å². The van der Waals surface area contributed by atoms with Gasteiger partial charge in [-0.1, -0.05) is 6.58 Å². The molecule has 0 N–H and O–H groups in total. The van der Waals surface area contributed by atoms with Crippen LogP contribution in [0.5, 0.6) is 0 Å². The Balaban J connectivity index is 0.000000845. The van der Waals surface area contributed by atoms with Gasteiger partial charge in [0.1, 0.15) is 6.04 Å². The number of halogens is 1. The van der Waals surface area contributed by atoms with E-state index in [0.717, 1.165) is 12.1 Å². The Morgan fingerprint density at radius 1 is 1.38 bits per heavy atom. The molecule has 2 unspecified atom stereocenters. The lowest BCUT2D eigenvalue weighted by atomic mass is 10.1. The van der Waals surface area contributed by atoms with Crippen molar-refractivity contribution in [1.29, 1.82) is 0 Å². The van der Waals surface area contributed by atoms with Crippen LogP contribution in [0.4, 0.5) is 0 Å². The second-order valence-electron chi connectivity index (χ2n) is 4.71. The van der Waals surface area contributed by atoms with Crippen LogP contribution < -0.4 is 17.0 Å². The molecule has 2 aliphatic rings. The normalized spacial score (nSPS) is 37.8. The molecule has 0 bridgehead atoms. The van der Waals surface area contributed by atoms with E-state index in [1.165, 1.54) is 42.4 Å². The Labute approximate surface area is 92.2 Å². The summed E-state index contributed by atoms with van der Waals surface area (Å²) in [5, 5.41) is 0. The third kappa shape index (κ3) is 1.48. The van der Waals surface area contributed by atoms with Gasteiger partial charge in [-0.3, -0.25) is 0 Å².